The number of rotatable bonds is 2. The summed E-state index contributed by atoms with van der Waals surface area (Å²) in [5.74, 6) is 2.02. The lowest BCUT2D eigenvalue weighted by atomic mass is 10.1. The SMILES string of the molecule is Sc1ccc(Nc2ncnc3ccc4c(c23)CCS4)cc1. The molecule has 0 bridgehead atoms. The predicted octanol–water partition coefficient (Wildman–Crippen LogP) is 4.31. The largest absolute Gasteiger partial charge is 0.340 e. The van der Waals surface area contributed by atoms with Crippen LogP contribution in [-0.2, 0) is 6.42 Å². The lowest BCUT2D eigenvalue weighted by Crippen LogP contribution is -1.98. The zero-order valence-electron chi connectivity index (χ0n) is 11.2. The molecule has 2 heterocycles. The minimum Gasteiger partial charge on any atom is -0.340 e. The van der Waals surface area contributed by atoms with Crippen LogP contribution in [0.4, 0.5) is 11.5 Å². The van der Waals surface area contributed by atoms with Crippen molar-refractivity contribution in [2.24, 2.45) is 0 Å². The number of aryl methyl sites for hydroxylation is 1. The van der Waals surface area contributed by atoms with Gasteiger partial charge >= 0.3 is 0 Å². The van der Waals surface area contributed by atoms with Gasteiger partial charge in [0.25, 0.3) is 0 Å². The van der Waals surface area contributed by atoms with Gasteiger partial charge in [0.1, 0.15) is 12.1 Å². The molecule has 21 heavy (non-hydrogen) atoms. The van der Waals surface area contributed by atoms with Gasteiger partial charge in [0.2, 0.25) is 0 Å². The van der Waals surface area contributed by atoms with E-state index in [1.165, 1.54) is 10.5 Å². The second kappa shape index (κ2) is 5.24. The van der Waals surface area contributed by atoms with Crippen molar-refractivity contribution in [3.8, 4) is 0 Å². The molecule has 1 aromatic heterocycles. The van der Waals surface area contributed by atoms with Gasteiger partial charge in [0.05, 0.1) is 5.52 Å². The summed E-state index contributed by atoms with van der Waals surface area (Å²) in [6.07, 6.45) is 2.70. The van der Waals surface area contributed by atoms with Crippen LogP contribution in [0.15, 0.2) is 52.5 Å². The Labute approximate surface area is 132 Å². The molecule has 0 saturated carbocycles. The number of hydrogen-bond acceptors (Lipinski definition) is 5. The van der Waals surface area contributed by atoms with E-state index in [9.17, 15) is 0 Å². The first-order valence-electron chi connectivity index (χ1n) is 6.77. The van der Waals surface area contributed by atoms with E-state index in [4.69, 9.17) is 0 Å². The Morgan fingerprint density at radius 1 is 1.05 bits per heavy atom. The molecule has 1 aliphatic heterocycles. The van der Waals surface area contributed by atoms with Crippen molar-refractivity contribution in [3.05, 3.63) is 48.3 Å². The smallest absolute Gasteiger partial charge is 0.142 e. The number of benzene rings is 2. The van der Waals surface area contributed by atoms with E-state index >= 15 is 0 Å². The summed E-state index contributed by atoms with van der Waals surface area (Å²) in [6.45, 7) is 0. The van der Waals surface area contributed by atoms with E-state index in [0.29, 0.717) is 0 Å². The number of fused-ring (bicyclic) bond motifs is 3. The molecule has 0 amide bonds. The third-order valence-corrected chi connectivity index (χ3v) is 5.01. The fourth-order valence-electron chi connectivity index (χ4n) is 2.62. The number of anilines is 2. The number of thiol groups is 1. The molecular formula is C16H13N3S2. The quantitative estimate of drug-likeness (QED) is 0.692. The highest BCUT2D eigenvalue weighted by Gasteiger charge is 2.18. The molecule has 0 aliphatic carbocycles. The van der Waals surface area contributed by atoms with Gasteiger partial charge in [-0.25, -0.2) is 9.97 Å². The fraction of sp³-hybridized carbons (Fsp3) is 0.125. The van der Waals surface area contributed by atoms with Crippen molar-refractivity contribution in [2.45, 2.75) is 16.2 Å². The lowest BCUT2D eigenvalue weighted by Gasteiger charge is -2.11. The minimum atomic E-state index is 0.881. The summed E-state index contributed by atoms with van der Waals surface area (Å²) in [5, 5.41) is 4.56. The third-order valence-electron chi connectivity index (χ3n) is 3.61. The number of aromatic nitrogens is 2. The summed E-state index contributed by atoms with van der Waals surface area (Å²) in [4.78, 5) is 11.2. The van der Waals surface area contributed by atoms with E-state index in [-0.39, 0.29) is 0 Å². The van der Waals surface area contributed by atoms with E-state index in [1.54, 1.807) is 6.33 Å². The first-order chi connectivity index (χ1) is 10.3. The average Bonchev–Trinajstić information content (AvgIpc) is 2.98. The van der Waals surface area contributed by atoms with Gasteiger partial charge < -0.3 is 5.32 Å². The summed E-state index contributed by atoms with van der Waals surface area (Å²) >= 11 is 6.22. The topological polar surface area (TPSA) is 37.8 Å². The molecule has 5 heteroatoms. The van der Waals surface area contributed by atoms with E-state index in [0.717, 1.165) is 39.5 Å². The molecule has 1 aliphatic rings. The van der Waals surface area contributed by atoms with Crippen molar-refractivity contribution in [1.29, 1.82) is 0 Å². The zero-order chi connectivity index (χ0) is 14.2. The molecule has 1 N–H and O–H groups in total. The molecule has 3 aromatic rings. The average molecular weight is 311 g/mol. The summed E-state index contributed by atoms with van der Waals surface area (Å²) in [7, 11) is 0. The molecule has 0 saturated heterocycles. The molecular weight excluding hydrogens is 298 g/mol. The van der Waals surface area contributed by atoms with Gasteiger partial charge in [-0.05, 0) is 48.4 Å². The Morgan fingerprint density at radius 3 is 2.76 bits per heavy atom. The highest BCUT2D eigenvalue weighted by Crippen LogP contribution is 2.38. The molecule has 104 valence electrons. The lowest BCUT2D eigenvalue weighted by molar-refractivity contribution is 1.14. The Morgan fingerprint density at radius 2 is 1.90 bits per heavy atom. The maximum absolute atomic E-state index is 4.45. The number of thioether (sulfide) groups is 1. The molecule has 2 aromatic carbocycles. The van der Waals surface area contributed by atoms with Gasteiger partial charge in [0.15, 0.2) is 0 Å². The second-order valence-corrected chi connectivity index (χ2v) is 6.58. The van der Waals surface area contributed by atoms with Crippen LogP contribution >= 0.6 is 24.4 Å². The highest BCUT2D eigenvalue weighted by molar-refractivity contribution is 7.99. The highest BCUT2D eigenvalue weighted by atomic mass is 32.2. The first-order valence-corrected chi connectivity index (χ1v) is 8.20. The van der Waals surface area contributed by atoms with Gasteiger partial charge in [-0.2, -0.15) is 0 Å². The summed E-state index contributed by atoms with van der Waals surface area (Å²) in [6, 6.07) is 12.2. The van der Waals surface area contributed by atoms with Gasteiger partial charge in [0, 0.05) is 26.6 Å². The van der Waals surface area contributed by atoms with E-state index in [1.807, 2.05) is 36.0 Å². The molecule has 0 atom stereocenters. The molecule has 0 fully saturated rings. The van der Waals surface area contributed by atoms with Gasteiger partial charge in [-0.15, -0.1) is 24.4 Å². The van der Waals surface area contributed by atoms with Crippen LogP contribution in [0, 0.1) is 0 Å². The molecule has 3 nitrogen and oxygen atoms in total. The Kier molecular flexibility index (Phi) is 3.24. The molecule has 0 radical (unpaired) electrons. The Hall–Kier alpha value is -1.72. The predicted molar refractivity (Wildman–Crippen MR) is 90.9 cm³/mol. The maximum atomic E-state index is 4.45. The van der Waals surface area contributed by atoms with Crippen LogP contribution in [-0.4, -0.2) is 15.7 Å². The van der Waals surface area contributed by atoms with Crippen LogP contribution in [0.3, 0.4) is 0 Å². The van der Waals surface area contributed by atoms with Crippen molar-refractivity contribution in [2.75, 3.05) is 11.1 Å². The fourth-order valence-corrected chi connectivity index (χ4v) is 3.84. The molecule has 0 spiro atoms. The van der Waals surface area contributed by atoms with Crippen molar-refractivity contribution >= 4 is 46.8 Å². The monoisotopic (exact) mass is 311 g/mol. The van der Waals surface area contributed by atoms with E-state index in [2.05, 4.69) is 40.0 Å². The van der Waals surface area contributed by atoms with Crippen molar-refractivity contribution in [3.63, 3.8) is 0 Å². The van der Waals surface area contributed by atoms with Crippen LogP contribution in [0.25, 0.3) is 10.9 Å². The van der Waals surface area contributed by atoms with Crippen molar-refractivity contribution < 1.29 is 0 Å². The van der Waals surface area contributed by atoms with Crippen LogP contribution < -0.4 is 5.32 Å². The molecule has 0 unspecified atom stereocenters. The van der Waals surface area contributed by atoms with Gasteiger partial charge in [-0.1, -0.05) is 0 Å². The van der Waals surface area contributed by atoms with Gasteiger partial charge in [-0.3, -0.25) is 0 Å². The standard InChI is InChI=1S/C16H13N3S2/c20-11-3-1-10(2-4-11)19-16-15-12-7-8-21-14(12)6-5-13(15)17-9-18-16/h1-6,9,20H,7-8H2,(H,17,18,19). The normalized spacial score (nSPS) is 13.4. The Balaban J connectivity index is 1.85. The number of nitrogens with one attached hydrogen (secondary N) is 1. The maximum Gasteiger partial charge on any atom is 0.142 e. The Bertz CT molecular complexity index is 816. The van der Waals surface area contributed by atoms with Crippen LogP contribution in [0.5, 0.6) is 0 Å². The van der Waals surface area contributed by atoms with Crippen molar-refractivity contribution in [1.82, 2.24) is 9.97 Å². The second-order valence-electron chi connectivity index (χ2n) is 4.93. The first kappa shape index (κ1) is 13.0. The summed E-state index contributed by atoms with van der Waals surface area (Å²) in [5.41, 5.74) is 3.38. The number of hydrogen-bond donors (Lipinski definition) is 2. The van der Waals surface area contributed by atoms with Crippen LogP contribution in [0.2, 0.25) is 0 Å². The molecule has 4 rings (SSSR count). The van der Waals surface area contributed by atoms with Crippen LogP contribution in [0.1, 0.15) is 5.56 Å². The summed E-state index contributed by atoms with van der Waals surface area (Å²) < 4.78 is 0. The minimum absolute atomic E-state index is 0.881. The number of nitrogens with zero attached hydrogens (tertiary/aromatic N) is 2. The third kappa shape index (κ3) is 2.36. The zero-order valence-corrected chi connectivity index (χ0v) is 12.9. The van der Waals surface area contributed by atoms with E-state index < -0.39 is 0 Å².